The van der Waals surface area contributed by atoms with Gasteiger partial charge in [0.1, 0.15) is 12.4 Å². The summed E-state index contributed by atoms with van der Waals surface area (Å²) in [6, 6.07) is 0.446. The molecule has 1 saturated carbocycles. The van der Waals surface area contributed by atoms with Crippen LogP contribution in [0.4, 0.5) is 0 Å². The molecule has 1 atom stereocenters. The fourth-order valence-electron chi connectivity index (χ4n) is 4.03. The molecule has 2 fully saturated rings. The van der Waals surface area contributed by atoms with Crippen LogP contribution in [0.2, 0.25) is 0 Å². The minimum Gasteiger partial charge on any atom is -0.383 e. The quantitative estimate of drug-likeness (QED) is 0.401. The number of methoxy groups -OCH3 is 1. The Balaban J connectivity index is 1.52. The summed E-state index contributed by atoms with van der Waals surface area (Å²) in [4.78, 5) is 7.35. The van der Waals surface area contributed by atoms with E-state index in [2.05, 4.69) is 25.7 Å². The van der Waals surface area contributed by atoms with Gasteiger partial charge in [0.15, 0.2) is 11.8 Å². The third kappa shape index (κ3) is 5.90. The van der Waals surface area contributed by atoms with Crippen molar-refractivity contribution in [2.75, 3.05) is 39.9 Å². The molecule has 2 aliphatic rings. The number of rotatable bonds is 8. The maximum Gasteiger partial charge on any atom is 0.192 e. The zero-order chi connectivity index (χ0) is 19.1. The number of aromatic nitrogens is 3. The largest absolute Gasteiger partial charge is 0.383 e. The van der Waals surface area contributed by atoms with Crippen LogP contribution in [-0.4, -0.2) is 71.6 Å². The van der Waals surface area contributed by atoms with E-state index in [1.165, 1.54) is 45.2 Å². The van der Waals surface area contributed by atoms with E-state index in [-0.39, 0.29) is 0 Å². The molecule has 0 spiro atoms. The van der Waals surface area contributed by atoms with E-state index in [0.717, 1.165) is 36.6 Å². The normalized spacial score (nSPS) is 21.9. The summed E-state index contributed by atoms with van der Waals surface area (Å²) >= 11 is 0. The number of guanidine groups is 1. The van der Waals surface area contributed by atoms with Gasteiger partial charge in [-0.3, -0.25) is 0 Å². The van der Waals surface area contributed by atoms with Crippen LogP contribution >= 0.6 is 0 Å². The summed E-state index contributed by atoms with van der Waals surface area (Å²) in [5.41, 5.74) is 0. The van der Waals surface area contributed by atoms with E-state index in [0.29, 0.717) is 19.2 Å². The zero-order valence-corrected chi connectivity index (χ0v) is 17.1. The van der Waals surface area contributed by atoms with Crippen molar-refractivity contribution in [3.63, 3.8) is 0 Å². The highest BCUT2D eigenvalue weighted by molar-refractivity contribution is 5.80. The molecule has 8 heteroatoms. The monoisotopic (exact) mass is 377 g/mol. The van der Waals surface area contributed by atoms with E-state index in [1.807, 2.05) is 18.5 Å². The van der Waals surface area contributed by atoms with E-state index in [1.54, 1.807) is 7.11 Å². The van der Waals surface area contributed by atoms with E-state index in [4.69, 9.17) is 9.73 Å². The number of aryl methyl sites for hydroxylation is 1. The lowest BCUT2D eigenvalue weighted by Gasteiger charge is -2.21. The van der Waals surface area contributed by atoms with Gasteiger partial charge in [-0.05, 0) is 32.1 Å². The van der Waals surface area contributed by atoms with Crippen molar-refractivity contribution in [1.29, 1.82) is 0 Å². The molecule has 2 N–H and O–H groups in total. The molecule has 27 heavy (non-hydrogen) atoms. The van der Waals surface area contributed by atoms with Crippen molar-refractivity contribution in [2.24, 2.45) is 18.0 Å². The molecule has 2 heterocycles. The fourth-order valence-corrected chi connectivity index (χ4v) is 4.03. The Morgan fingerprint density at radius 1 is 1.26 bits per heavy atom. The van der Waals surface area contributed by atoms with Gasteiger partial charge in [0, 0.05) is 46.4 Å². The number of hydrogen-bond donors (Lipinski definition) is 2. The van der Waals surface area contributed by atoms with Crippen LogP contribution in [0.5, 0.6) is 0 Å². The van der Waals surface area contributed by atoms with Crippen LogP contribution in [-0.2, 0) is 18.3 Å². The Morgan fingerprint density at radius 2 is 2.07 bits per heavy atom. The predicted molar refractivity (Wildman–Crippen MR) is 107 cm³/mol. The molecule has 1 saturated heterocycles. The average molecular weight is 378 g/mol. The van der Waals surface area contributed by atoms with Crippen LogP contribution in [0.15, 0.2) is 4.99 Å². The highest BCUT2D eigenvalue weighted by Gasteiger charge is 2.26. The molecule has 1 aromatic heterocycles. The molecule has 0 radical (unpaired) electrons. The van der Waals surface area contributed by atoms with Gasteiger partial charge in [-0.25, -0.2) is 4.99 Å². The second-order valence-corrected chi connectivity index (χ2v) is 7.85. The standard InChI is InChI=1S/C19H35N7O/c1-15-23-24-18(25(15)2)12-21-19(20-9-11-27-3)22-17-8-10-26(14-17)13-16-6-4-5-7-16/h16-17H,4-14H2,1-3H3,(H2,20,21,22). The van der Waals surface area contributed by atoms with Crippen molar-refractivity contribution in [1.82, 2.24) is 30.3 Å². The molecule has 1 unspecified atom stereocenters. The van der Waals surface area contributed by atoms with Gasteiger partial charge in [-0.15, -0.1) is 10.2 Å². The first-order valence-electron chi connectivity index (χ1n) is 10.3. The van der Waals surface area contributed by atoms with Crippen LogP contribution in [0.25, 0.3) is 0 Å². The minimum atomic E-state index is 0.446. The topological polar surface area (TPSA) is 79.6 Å². The molecule has 3 rings (SSSR count). The molecule has 1 aliphatic carbocycles. The van der Waals surface area contributed by atoms with Crippen LogP contribution in [0.1, 0.15) is 43.8 Å². The van der Waals surface area contributed by atoms with Crippen molar-refractivity contribution < 1.29 is 4.74 Å². The van der Waals surface area contributed by atoms with Gasteiger partial charge in [0.2, 0.25) is 0 Å². The smallest absolute Gasteiger partial charge is 0.192 e. The van der Waals surface area contributed by atoms with E-state index in [9.17, 15) is 0 Å². The molecule has 8 nitrogen and oxygen atoms in total. The minimum absolute atomic E-state index is 0.446. The first-order valence-corrected chi connectivity index (χ1v) is 10.3. The SMILES string of the molecule is COCCNC(=NCc1nnc(C)n1C)NC1CCN(CC2CCCC2)C1. The van der Waals surface area contributed by atoms with Gasteiger partial charge in [0.05, 0.1) is 6.61 Å². The highest BCUT2D eigenvalue weighted by atomic mass is 16.5. The second-order valence-electron chi connectivity index (χ2n) is 7.85. The number of nitrogens with zero attached hydrogens (tertiary/aromatic N) is 5. The first-order chi connectivity index (χ1) is 13.2. The summed E-state index contributed by atoms with van der Waals surface area (Å²) in [6.45, 7) is 7.40. The van der Waals surface area contributed by atoms with Crippen LogP contribution in [0.3, 0.4) is 0 Å². The van der Waals surface area contributed by atoms with Gasteiger partial charge >= 0.3 is 0 Å². The summed E-state index contributed by atoms with van der Waals surface area (Å²) in [7, 11) is 3.69. The van der Waals surface area contributed by atoms with Crippen molar-refractivity contribution in [3.8, 4) is 0 Å². The number of hydrogen-bond acceptors (Lipinski definition) is 5. The third-order valence-corrected chi connectivity index (χ3v) is 5.76. The van der Waals surface area contributed by atoms with Crippen LogP contribution < -0.4 is 10.6 Å². The van der Waals surface area contributed by atoms with E-state index < -0.39 is 0 Å². The van der Waals surface area contributed by atoms with Gasteiger partial charge in [-0.2, -0.15) is 0 Å². The zero-order valence-electron chi connectivity index (χ0n) is 17.1. The third-order valence-electron chi connectivity index (χ3n) is 5.76. The number of aliphatic imine (C=N–C) groups is 1. The van der Waals surface area contributed by atoms with Crippen molar-refractivity contribution in [3.05, 3.63) is 11.6 Å². The second kappa shape index (κ2) is 10.0. The summed E-state index contributed by atoms with van der Waals surface area (Å²) in [5.74, 6) is 3.52. The van der Waals surface area contributed by atoms with E-state index >= 15 is 0 Å². The lowest BCUT2D eigenvalue weighted by Crippen LogP contribution is -2.45. The summed E-state index contributed by atoms with van der Waals surface area (Å²) in [6.07, 6.45) is 6.83. The summed E-state index contributed by atoms with van der Waals surface area (Å²) in [5, 5.41) is 15.3. The van der Waals surface area contributed by atoms with Gasteiger partial charge in [0.25, 0.3) is 0 Å². The Hall–Kier alpha value is -1.67. The molecular weight excluding hydrogens is 342 g/mol. The number of nitrogens with one attached hydrogen (secondary N) is 2. The lowest BCUT2D eigenvalue weighted by atomic mass is 10.1. The predicted octanol–water partition coefficient (Wildman–Crippen LogP) is 1.07. The lowest BCUT2D eigenvalue weighted by molar-refractivity contribution is 0.203. The average Bonchev–Trinajstić information content (AvgIpc) is 3.39. The maximum atomic E-state index is 5.16. The number of ether oxygens (including phenoxy) is 1. The first kappa shape index (κ1) is 20.1. The molecule has 0 amide bonds. The Labute approximate surface area is 162 Å². The molecule has 0 bridgehead atoms. The Kier molecular flexibility index (Phi) is 7.46. The molecular formula is C19H35N7O. The number of likely N-dealkylation sites (tertiary alicyclic amines) is 1. The Morgan fingerprint density at radius 3 is 2.78 bits per heavy atom. The summed E-state index contributed by atoms with van der Waals surface area (Å²) < 4.78 is 7.14. The molecule has 1 aliphatic heterocycles. The highest BCUT2D eigenvalue weighted by Crippen LogP contribution is 2.26. The fraction of sp³-hybridized carbons (Fsp3) is 0.842. The molecule has 0 aromatic carbocycles. The van der Waals surface area contributed by atoms with Crippen molar-refractivity contribution >= 4 is 5.96 Å². The molecule has 1 aromatic rings. The van der Waals surface area contributed by atoms with Gasteiger partial charge < -0.3 is 24.8 Å². The van der Waals surface area contributed by atoms with Gasteiger partial charge in [-0.1, -0.05) is 12.8 Å². The Bertz CT molecular complexity index is 609. The van der Waals surface area contributed by atoms with Crippen molar-refractivity contribution in [2.45, 2.75) is 51.6 Å². The maximum absolute atomic E-state index is 5.16. The molecule has 152 valence electrons. The van der Waals surface area contributed by atoms with Crippen LogP contribution in [0, 0.1) is 12.8 Å².